The summed E-state index contributed by atoms with van der Waals surface area (Å²) in [6.07, 6.45) is 4.80. The Hall–Kier alpha value is -3.76. The molecule has 2 N–H and O–H groups in total. The predicted octanol–water partition coefficient (Wildman–Crippen LogP) is 3.62. The second kappa shape index (κ2) is 9.03. The number of alkyl halides is 3. The van der Waals surface area contributed by atoms with Crippen LogP contribution in [0.5, 0.6) is 11.5 Å². The number of rotatable bonds is 8. The van der Waals surface area contributed by atoms with Crippen LogP contribution >= 0.6 is 0 Å². The Morgan fingerprint density at radius 2 is 1.94 bits per heavy atom. The Balaban J connectivity index is 1.56. The molecule has 36 heavy (non-hydrogen) atoms. The number of nitrogens with zero attached hydrogens (tertiary/aromatic N) is 2. The Morgan fingerprint density at radius 3 is 2.53 bits per heavy atom. The fraction of sp³-hybridized carbons (Fsp3) is 0.400. The largest absolute Gasteiger partial charge is 0.496 e. The van der Waals surface area contributed by atoms with Crippen LogP contribution in [0.2, 0.25) is 0 Å². The lowest BCUT2D eigenvalue weighted by Gasteiger charge is -2.40. The van der Waals surface area contributed by atoms with Gasteiger partial charge in [0.15, 0.2) is 0 Å². The summed E-state index contributed by atoms with van der Waals surface area (Å²) >= 11 is 0. The average Bonchev–Trinajstić information content (AvgIpc) is 3.34. The molecule has 2 amide bonds. The number of carbonyl (C=O) groups excluding carboxylic acids is 2. The first-order valence-corrected chi connectivity index (χ1v) is 11.6. The number of ether oxygens (including phenoxy) is 2. The van der Waals surface area contributed by atoms with Gasteiger partial charge >= 0.3 is 6.61 Å². The SMILES string of the molecule is CNC(=O)C1(c2ccc3c(-c4cc(OC)c(C(=O)N[C@@H]5C[C@@H]5F)c(OC(F)F)c4)cnn3c2)CCC1. The number of methoxy groups -OCH3 is 1. The molecule has 1 aromatic carbocycles. The molecule has 2 aromatic heterocycles. The van der Waals surface area contributed by atoms with Gasteiger partial charge in [0.25, 0.3) is 5.91 Å². The number of carbonyl (C=O) groups is 2. The van der Waals surface area contributed by atoms with Gasteiger partial charge in [0.1, 0.15) is 23.2 Å². The molecule has 5 rings (SSSR count). The number of aromatic nitrogens is 2. The highest BCUT2D eigenvalue weighted by Gasteiger charge is 2.45. The monoisotopic (exact) mass is 502 g/mol. The summed E-state index contributed by atoms with van der Waals surface area (Å²) in [5, 5.41) is 9.62. The van der Waals surface area contributed by atoms with Gasteiger partial charge in [-0.25, -0.2) is 8.91 Å². The first-order chi connectivity index (χ1) is 17.3. The maximum absolute atomic E-state index is 13.3. The summed E-state index contributed by atoms with van der Waals surface area (Å²) < 4.78 is 51.4. The fourth-order valence-corrected chi connectivity index (χ4v) is 4.78. The molecule has 2 aliphatic carbocycles. The van der Waals surface area contributed by atoms with E-state index < -0.39 is 35.9 Å². The number of pyridine rings is 1. The van der Waals surface area contributed by atoms with E-state index in [9.17, 15) is 22.8 Å². The second-order valence-corrected chi connectivity index (χ2v) is 9.08. The minimum Gasteiger partial charge on any atom is -0.496 e. The summed E-state index contributed by atoms with van der Waals surface area (Å²) in [6.45, 7) is -3.19. The molecule has 2 atom stereocenters. The minimum atomic E-state index is -3.19. The molecule has 0 aliphatic heterocycles. The maximum atomic E-state index is 13.3. The molecule has 0 radical (unpaired) electrons. The van der Waals surface area contributed by atoms with Gasteiger partial charge in [-0.2, -0.15) is 13.9 Å². The van der Waals surface area contributed by atoms with E-state index in [2.05, 4.69) is 20.5 Å². The molecule has 0 saturated heterocycles. The van der Waals surface area contributed by atoms with E-state index in [-0.39, 0.29) is 23.6 Å². The third kappa shape index (κ3) is 4.02. The van der Waals surface area contributed by atoms with Gasteiger partial charge in [-0.05, 0) is 42.2 Å². The van der Waals surface area contributed by atoms with Gasteiger partial charge in [0, 0.05) is 25.2 Å². The van der Waals surface area contributed by atoms with Gasteiger partial charge in [-0.1, -0.05) is 12.5 Å². The highest BCUT2D eigenvalue weighted by molar-refractivity contribution is 6.01. The third-order valence-corrected chi connectivity index (χ3v) is 7.01. The third-order valence-electron chi connectivity index (χ3n) is 7.01. The zero-order valence-corrected chi connectivity index (χ0v) is 19.7. The number of amides is 2. The average molecular weight is 502 g/mol. The zero-order chi connectivity index (χ0) is 25.6. The van der Waals surface area contributed by atoms with Crippen LogP contribution in [0.3, 0.4) is 0 Å². The van der Waals surface area contributed by atoms with Crippen molar-refractivity contribution in [3.05, 3.63) is 47.8 Å². The van der Waals surface area contributed by atoms with Crippen molar-refractivity contribution in [3.63, 3.8) is 0 Å². The Morgan fingerprint density at radius 1 is 1.22 bits per heavy atom. The summed E-state index contributed by atoms with van der Waals surface area (Å²) in [4.78, 5) is 25.3. The van der Waals surface area contributed by atoms with Crippen LogP contribution in [0.15, 0.2) is 36.7 Å². The standard InChI is InChI=1S/C25H25F3N4O4/c1-29-23(34)25(6-3-7-25)14-4-5-18-15(11-30-32(18)12-14)13-8-19(35-2)21(20(9-13)36-24(27)28)22(33)31-17-10-16(17)26/h4-5,8-9,11-12,16-17,24H,3,6-7,10H2,1-2H3,(H,29,34)(H,31,33)/t16-,17+/m0/s1. The topological polar surface area (TPSA) is 94.0 Å². The molecule has 8 nitrogen and oxygen atoms in total. The highest BCUT2D eigenvalue weighted by atomic mass is 19.3. The summed E-state index contributed by atoms with van der Waals surface area (Å²) in [5.74, 6) is -1.19. The van der Waals surface area contributed by atoms with Crippen molar-refractivity contribution in [1.29, 1.82) is 0 Å². The van der Waals surface area contributed by atoms with Gasteiger partial charge in [0.05, 0.1) is 30.3 Å². The van der Waals surface area contributed by atoms with Gasteiger partial charge in [-0.15, -0.1) is 0 Å². The van der Waals surface area contributed by atoms with Crippen molar-refractivity contribution < 1.29 is 32.2 Å². The molecule has 190 valence electrons. The van der Waals surface area contributed by atoms with Crippen LogP contribution < -0.4 is 20.1 Å². The van der Waals surface area contributed by atoms with Crippen molar-refractivity contribution in [2.45, 2.75) is 49.9 Å². The van der Waals surface area contributed by atoms with Crippen molar-refractivity contribution in [3.8, 4) is 22.6 Å². The number of likely N-dealkylation sites (N-methyl/N-ethyl adjacent to an activating group) is 1. The quantitative estimate of drug-likeness (QED) is 0.491. The van der Waals surface area contributed by atoms with E-state index in [0.717, 1.165) is 24.8 Å². The van der Waals surface area contributed by atoms with Crippen molar-refractivity contribution in [2.24, 2.45) is 0 Å². The van der Waals surface area contributed by atoms with Crippen LogP contribution in [0.25, 0.3) is 16.6 Å². The van der Waals surface area contributed by atoms with E-state index in [1.807, 2.05) is 12.1 Å². The van der Waals surface area contributed by atoms with E-state index in [1.165, 1.54) is 19.2 Å². The lowest BCUT2D eigenvalue weighted by atomic mass is 9.64. The number of hydrogen-bond acceptors (Lipinski definition) is 5. The molecule has 2 fully saturated rings. The second-order valence-electron chi connectivity index (χ2n) is 9.08. The van der Waals surface area contributed by atoms with Crippen LogP contribution in [0.1, 0.15) is 41.6 Å². The smallest absolute Gasteiger partial charge is 0.387 e. The zero-order valence-electron chi connectivity index (χ0n) is 19.7. The maximum Gasteiger partial charge on any atom is 0.387 e. The Bertz CT molecular complexity index is 1340. The number of fused-ring (bicyclic) bond motifs is 1. The molecule has 0 bridgehead atoms. The number of hydrogen-bond donors (Lipinski definition) is 2. The molecular formula is C25H25F3N4O4. The number of halogens is 3. The van der Waals surface area contributed by atoms with Crippen molar-refractivity contribution >= 4 is 17.3 Å². The van der Waals surface area contributed by atoms with Crippen LogP contribution in [0.4, 0.5) is 13.2 Å². The van der Waals surface area contributed by atoms with Crippen LogP contribution in [-0.2, 0) is 10.2 Å². The van der Waals surface area contributed by atoms with E-state index in [0.29, 0.717) is 16.6 Å². The molecule has 11 heteroatoms. The molecule has 2 aliphatic rings. The van der Waals surface area contributed by atoms with E-state index in [4.69, 9.17) is 4.74 Å². The van der Waals surface area contributed by atoms with Crippen LogP contribution in [0, 0.1) is 0 Å². The van der Waals surface area contributed by atoms with Crippen molar-refractivity contribution in [1.82, 2.24) is 20.2 Å². The van der Waals surface area contributed by atoms with Crippen LogP contribution in [-0.4, -0.2) is 54.4 Å². The number of nitrogens with one attached hydrogen (secondary N) is 2. The molecule has 3 aromatic rings. The summed E-state index contributed by atoms with van der Waals surface area (Å²) in [7, 11) is 2.92. The first-order valence-electron chi connectivity index (χ1n) is 11.6. The minimum absolute atomic E-state index is 0.000663. The Labute approximate surface area is 204 Å². The normalized spacial score (nSPS) is 20.1. The lowest BCUT2D eigenvalue weighted by Crippen LogP contribution is -2.48. The summed E-state index contributed by atoms with van der Waals surface area (Å²) in [6, 6.07) is 5.86. The van der Waals surface area contributed by atoms with E-state index in [1.54, 1.807) is 24.0 Å². The van der Waals surface area contributed by atoms with Gasteiger partial charge in [-0.3, -0.25) is 9.59 Å². The van der Waals surface area contributed by atoms with Gasteiger partial charge < -0.3 is 20.1 Å². The Kier molecular flexibility index (Phi) is 6.01. The number of benzene rings is 1. The predicted molar refractivity (Wildman–Crippen MR) is 124 cm³/mol. The molecule has 0 unspecified atom stereocenters. The van der Waals surface area contributed by atoms with Crippen molar-refractivity contribution in [2.75, 3.05) is 14.2 Å². The first kappa shape index (κ1) is 24.0. The molecule has 0 spiro atoms. The fourth-order valence-electron chi connectivity index (χ4n) is 4.78. The summed E-state index contributed by atoms with van der Waals surface area (Å²) in [5.41, 5.74) is 1.68. The molecule has 2 heterocycles. The highest BCUT2D eigenvalue weighted by Crippen LogP contribution is 2.44. The molecular weight excluding hydrogens is 477 g/mol. The lowest BCUT2D eigenvalue weighted by molar-refractivity contribution is -0.129. The van der Waals surface area contributed by atoms with Gasteiger partial charge in [0.2, 0.25) is 5.91 Å². The van der Waals surface area contributed by atoms with E-state index >= 15 is 0 Å². The molecule has 2 saturated carbocycles.